The highest BCUT2D eigenvalue weighted by molar-refractivity contribution is 5.97. The number of aryl methyl sites for hydroxylation is 2. The van der Waals surface area contributed by atoms with E-state index in [9.17, 15) is 9.90 Å². The molecule has 2 aromatic rings. The Hall–Kier alpha value is -2.45. The van der Waals surface area contributed by atoms with Crippen LogP contribution in [0.2, 0.25) is 0 Å². The second kappa shape index (κ2) is 12.5. The van der Waals surface area contributed by atoms with E-state index >= 15 is 0 Å². The number of allylic oxidation sites excluding steroid dienone is 4. The van der Waals surface area contributed by atoms with Gasteiger partial charge in [-0.15, -0.1) is 0 Å². The third-order valence-electron chi connectivity index (χ3n) is 8.15. The molecule has 2 aliphatic rings. The van der Waals surface area contributed by atoms with E-state index in [4.69, 9.17) is 0 Å². The minimum Gasteiger partial charge on any atom is -0.392 e. The molecule has 0 aliphatic heterocycles. The fraction of sp³-hybridized carbons (Fsp3) is 0.485. The summed E-state index contributed by atoms with van der Waals surface area (Å²) >= 11 is 0. The van der Waals surface area contributed by atoms with Crippen LogP contribution in [0.15, 0.2) is 66.3 Å². The molecule has 2 aliphatic carbocycles. The molecule has 2 heteroatoms. The average molecular weight is 471 g/mol. The molecule has 0 aromatic heterocycles. The molecule has 0 saturated heterocycles. The minimum atomic E-state index is 0.0571. The van der Waals surface area contributed by atoms with Gasteiger partial charge >= 0.3 is 0 Å². The monoisotopic (exact) mass is 470 g/mol. The third-order valence-corrected chi connectivity index (χ3v) is 8.15. The van der Waals surface area contributed by atoms with E-state index in [0.717, 1.165) is 48.8 Å². The van der Waals surface area contributed by atoms with Crippen molar-refractivity contribution < 1.29 is 9.90 Å². The quantitative estimate of drug-likeness (QED) is 0.395. The summed E-state index contributed by atoms with van der Waals surface area (Å²) in [5, 5.41) is 9.57. The van der Waals surface area contributed by atoms with Crippen LogP contribution in [0.25, 0.3) is 11.1 Å². The molecular weight excluding hydrogens is 428 g/mol. The highest BCUT2D eigenvalue weighted by atomic mass is 16.3. The second-order valence-corrected chi connectivity index (χ2v) is 10.9. The van der Waals surface area contributed by atoms with Crippen LogP contribution >= 0.6 is 0 Å². The van der Waals surface area contributed by atoms with Crippen molar-refractivity contribution in [2.45, 2.75) is 84.7 Å². The van der Waals surface area contributed by atoms with Gasteiger partial charge in [-0.05, 0) is 103 Å². The van der Waals surface area contributed by atoms with E-state index in [0.29, 0.717) is 17.6 Å². The van der Waals surface area contributed by atoms with Crippen LogP contribution in [0.5, 0.6) is 0 Å². The Morgan fingerprint density at radius 3 is 2.63 bits per heavy atom. The molecule has 35 heavy (non-hydrogen) atoms. The Bertz CT molecular complexity index is 1050. The van der Waals surface area contributed by atoms with Crippen LogP contribution in [0.4, 0.5) is 0 Å². The standard InChI is InChI=1S/C33H42O2/c1-24-9-6-7-13-29(19-15-24)33(35)31(28-11-4-3-5-12-28)20-18-26-17-16-25(2)32(22-26)30-14-8-10-27(21-30)23-34/h6-8,10,14,16-17,19,21-22,24,28,31,34H,3-5,9,11-13,15,18,20,23H2,1-2H3. The molecule has 2 aromatic carbocycles. The maximum Gasteiger partial charge on any atom is 0.162 e. The molecule has 2 nitrogen and oxygen atoms in total. The smallest absolute Gasteiger partial charge is 0.162 e. The van der Waals surface area contributed by atoms with Crippen molar-refractivity contribution in [3.05, 3.63) is 83.0 Å². The normalized spacial score (nSPS) is 20.1. The van der Waals surface area contributed by atoms with E-state index in [1.165, 1.54) is 48.8 Å². The lowest BCUT2D eigenvalue weighted by atomic mass is 9.73. The number of ketones is 1. The molecule has 1 saturated carbocycles. The van der Waals surface area contributed by atoms with Gasteiger partial charge in [0.2, 0.25) is 0 Å². The second-order valence-electron chi connectivity index (χ2n) is 10.9. The van der Waals surface area contributed by atoms with Crippen LogP contribution in [0.1, 0.15) is 81.4 Å². The average Bonchev–Trinajstić information content (AvgIpc) is 2.88. The van der Waals surface area contributed by atoms with Gasteiger partial charge in [-0.2, -0.15) is 0 Å². The molecular formula is C33H42O2. The number of aliphatic hydroxyl groups is 1. The number of Topliss-reactive ketones (excluding diaryl/α,β-unsaturated/α-hetero) is 1. The number of carbonyl (C=O) groups is 1. The first kappa shape index (κ1) is 25.6. The summed E-state index contributed by atoms with van der Waals surface area (Å²) in [7, 11) is 0. The van der Waals surface area contributed by atoms with Crippen LogP contribution in [-0.4, -0.2) is 10.9 Å². The van der Waals surface area contributed by atoms with Crippen LogP contribution in [0, 0.1) is 24.7 Å². The van der Waals surface area contributed by atoms with Gasteiger partial charge in [0.25, 0.3) is 0 Å². The molecule has 1 fully saturated rings. The molecule has 4 rings (SSSR count). The first-order chi connectivity index (χ1) is 17.0. The fourth-order valence-electron chi connectivity index (χ4n) is 5.91. The molecule has 0 amide bonds. The highest BCUT2D eigenvalue weighted by Crippen LogP contribution is 2.36. The summed E-state index contributed by atoms with van der Waals surface area (Å²) in [5.41, 5.74) is 6.90. The van der Waals surface area contributed by atoms with Crippen molar-refractivity contribution in [1.82, 2.24) is 0 Å². The lowest BCUT2D eigenvalue weighted by Gasteiger charge is -2.30. The number of benzene rings is 2. The zero-order chi connectivity index (χ0) is 24.6. The van der Waals surface area contributed by atoms with E-state index in [2.05, 4.69) is 62.4 Å². The Balaban J connectivity index is 1.54. The third kappa shape index (κ3) is 6.82. The summed E-state index contributed by atoms with van der Waals surface area (Å²) < 4.78 is 0. The SMILES string of the molecule is Cc1ccc(CCC(C(=O)C2=CCC(C)CC=CC2)C2CCCCC2)cc1-c1cccc(CO)c1. The highest BCUT2D eigenvalue weighted by Gasteiger charge is 2.30. The van der Waals surface area contributed by atoms with Crippen LogP contribution < -0.4 is 0 Å². The van der Waals surface area contributed by atoms with Gasteiger partial charge in [0.1, 0.15) is 0 Å². The lowest BCUT2D eigenvalue weighted by molar-refractivity contribution is -0.121. The fourth-order valence-corrected chi connectivity index (χ4v) is 5.91. The minimum absolute atomic E-state index is 0.0571. The summed E-state index contributed by atoms with van der Waals surface area (Å²) in [4.78, 5) is 13.9. The molecule has 0 radical (unpaired) electrons. The Morgan fingerprint density at radius 1 is 1.00 bits per heavy atom. The Kier molecular flexibility index (Phi) is 9.15. The molecule has 0 spiro atoms. The number of hydrogen-bond acceptors (Lipinski definition) is 2. The van der Waals surface area contributed by atoms with E-state index in [1.54, 1.807) is 0 Å². The van der Waals surface area contributed by atoms with Crippen LogP contribution in [0.3, 0.4) is 0 Å². The van der Waals surface area contributed by atoms with Gasteiger partial charge in [-0.25, -0.2) is 0 Å². The first-order valence-corrected chi connectivity index (χ1v) is 13.7. The van der Waals surface area contributed by atoms with Crippen molar-refractivity contribution in [3.63, 3.8) is 0 Å². The van der Waals surface area contributed by atoms with Gasteiger partial charge in [0.05, 0.1) is 6.61 Å². The number of aliphatic hydroxyl groups excluding tert-OH is 1. The molecule has 1 N–H and O–H groups in total. The first-order valence-electron chi connectivity index (χ1n) is 13.7. The van der Waals surface area contributed by atoms with E-state index < -0.39 is 0 Å². The summed E-state index contributed by atoms with van der Waals surface area (Å²) in [6.45, 7) is 4.48. The lowest BCUT2D eigenvalue weighted by Crippen LogP contribution is -2.28. The zero-order valence-electron chi connectivity index (χ0n) is 21.6. The van der Waals surface area contributed by atoms with Crippen molar-refractivity contribution >= 4 is 5.78 Å². The maximum absolute atomic E-state index is 13.9. The summed E-state index contributed by atoms with van der Waals surface area (Å²) in [6.07, 6.45) is 17.7. The molecule has 2 atom stereocenters. The van der Waals surface area contributed by atoms with Gasteiger partial charge in [-0.3, -0.25) is 4.79 Å². The van der Waals surface area contributed by atoms with Gasteiger partial charge < -0.3 is 5.11 Å². The molecule has 186 valence electrons. The van der Waals surface area contributed by atoms with E-state index in [1.807, 2.05) is 12.1 Å². The molecule has 0 heterocycles. The van der Waals surface area contributed by atoms with E-state index in [-0.39, 0.29) is 12.5 Å². The largest absolute Gasteiger partial charge is 0.392 e. The van der Waals surface area contributed by atoms with Gasteiger partial charge in [0.15, 0.2) is 5.78 Å². The zero-order valence-corrected chi connectivity index (χ0v) is 21.6. The predicted octanol–water partition coefficient (Wildman–Crippen LogP) is 8.16. The summed E-state index contributed by atoms with van der Waals surface area (Å²) in [6, 6.07) is 14.9. The van der Waals surface area contributed by atoms with Crippen LogP contribution in [-0.2, 0) is 17.8 Å². The van der Waals surface area contributed by atoms with Gasteiger partial charge in [-0.1, -0.05) is 80.8 Å². The Morgan fingerprint density at radius 2 is 1.83 bits per heavy atom. The topological polar surface area (TPSA) is 37.3 Å². The molecule has 0 bridgehead atoms. The maximum atomic E-state index is 13.9. The Labute approximate surface area is 212 Å². The number of carbonyl (C=O) groups excluding carboxylic acids is 1. The predicted molar refractivity (Wildman–Crippen MR) is 146 cm³/mol. The van der Waals surface area contributed by atoms with Crippen molar-refractivity contribution in [3.8, 4) is 11.1 Å². The number of hydrogen-bond donors (Lipinski definition) is 1. The van der Waals surface area contributed by atoms with Crippen molar-refractivity contribution in [2.24, 2.45) is 17.8 Å². The van der Waals surface area contributed by atoms with Crippen molar-refractivity contribution in [2.75, 3.05) is 0 Å². The summed E-state index contributed by atoms with van der Waals surface area (Å²) in [5.74, 6) is 1.68. The van der Waals surface area contributed by atoms with Gasteiger partial charge in [0, 0.05) is 5.92 Å². The number of rotatable bonds is 8. The molecule has 2 unspecified atom stereocenters. The van der Waals surface area contributed by atoms with Crippen molar-refractivity contribution in [1.29, 1.82) is 0 Å².